The monoisotopic (exact) mass is 1680 g/mol. The second-order valence-corrected chi connectivity index (χ2v) is 35.0. The maximum atomic E-state index is 12.5. The van der Waals surface area contributed by atoms with Gasteiger partial charge in [-0.3, -0.25) is 0 Å². The third-order valence-corrected chi connectivity index (χ3v) is 26.8. The predicted octanol–water partition coefficient (Wildman–Crippen LogP) is 18.1. The number of halogens is 12. The Balaban J connectivity index is -0.000000213. The van der Waals surface area contributed by atoms with E-state index in [1.54, 1.807) is 35.5 Å². The second kappa shape index (κ2) is 62.2. The molecule has 0 spiro atoms. The van der Waals surface area contributed by atoms with E-state index in [-0.39, 0.29) is 95.5 Å². The zero-order chi connectivity index (χ0) is 65.0. The predicted molar refractivity (Wildman–Crippen MR) is 321 cm³/mol. The summed E-state index contributed by atoms with van der Waals surface area (Å²) in [4.78, 5) is 40.6. The fourth-order valence-corrected chi connectivity index (χ4v) is 22.4. The fourth-order valence-electron chi connectivity index (χ4n) is 5.81. The second-order valence-electron chi connectivity index (χ2n) is 17.9. The van der Waals surface area contributed by atoms with Crippen molar-refractivity contribution in [1.29, 1.82) is 0 Å². The summed E-state index contributed by atoms with van der Waals surface area (Å²) in [5, 5.41) is 32.9. The fraction of sp³-hybridized carbons (Fsp3) is 0.533. The minimum Gasteiger partial charge on any atom is -0.477 e. The zero-order valence-electron chi connectivity index (χ0n) is 50.5. The molecule has 8 radical (unpaired) electrons. The number of unbranched alkanes of at least 4 members (excludes halogenated alkanes) is 8. The summed E-state index contributed by atoms with van der Waals surface area (Å²) in [5.41, 5.74) is -5.07. The smallest absolute Gasteiger partial charge is 0.341 e. The van der Waals surface area contributed by atoms with Crippen molar-refractivity contribution in [2.75, 3.05) is 0 Å². The maximum absolute atomic E-state index is 12.5. The number of hydrogen-bond donors (Lipinski definition) is 4. The van der Waals surface area contributed by atoms with Gasteiger partial charge in [0.05, 0.1) is 0 Å². The summed E-state index contributed by atoms with van der Waals surface area (Å²) in [5.74, 6) is -24.7. The molecule has 0 aliphatic heterocycles. The van der Waals surface area contributed by atoms with Crippen molar-refractivity contribution >= 4 is 108 Å². The first-order chi connectivity index (χ1) is 39.8. The van der Waals surface area contributed by atoms with Crippen molar-refractivity contribution < 1.29 is 103 Å². The molecule has 0 aromatic heterocycles. The van der Waals surface area contributed by atoms with Crippen LogP contribution in [0.4, 0.5) is 52.7 Å². The SMILES string of the molecule is CCC[CH2][Sn][CH2]CCC.CCC[CH2][Sn][CH2]CCC.CCC[CH2][Sn][CH2]CCC.CCC[CH2][Sn][CH2]CCC.O.O.O=C(O)c1c(F)ccc(F)c1F.O=C(O)c1c(F)ccc(F)c1F.O=C(O)c1c(F)ccc(F)c1F.O=C(O)c1c(F)ccc(F)c1F. The Morgan fingerprint density at radius 2 is 0.384 bits per heavy atom. The third-order valence-electron chi connectivity index (χ3n) is 10.7. The van der Waals surface area contributed by atoms with Gasteiger partial charge in [0.25, 0.3) is 0 Å². The van der Waals surface area contributed by atoms with Crippen molar-refractivity contribution in [3.8, 4) is 0 Å². The van der Waals surface area contributed by atoms with Crippen LogP contribution in [0.15, 0.2) is 48.5 Å². The molecule has 0 saturated carbocycles. The molecular weight excluding hydrogens is 1580 g/mol. The minimum absolute atomic E-state index is 0. The molecule has 0 bridgehead atoms. The van der Waals surface area contributed by atoms with E-state index in [4.69, 9.17) is 20.4 Å². The van der Waals surface area contributed by atoms with Crippen LogP contribution in [0.1, 0.15) is 200 Å². The van der Waals surface area contributed by atoms with Crippen LogP contribution in [0.3, 0.4) is 0 Å². The summed E-state index contributed by atoms with van der Waals surface area (Å²) in [7, 11) is 0. The molecule has 0 aliphatic rings. The van der Waals surface area contributed by atoms with Crippen LogP contribution in [0.5, 0.6) is 0 Å². The van der Waals surface area contributed by atoms with Crippen LogP contribution >= 0.6 is 0 Å². The number of rotatable bonds is 28. The van der Waals surface area contributed by atoms with Crippen molar-refractivity contribution in [3.63, 3.8) is 0 Å². The molecule has 0 unspecified atom stereocenters. The Bertz CT molecular complexity index is 2070. The van der Waals surface area contributed by atoms with Crippen molar-refractivity contribution in [1.82, 2.24) is 0 Å². The molecule has 4 aromatic rings. The van der Waals surface area contributed by atoms with Crippen LogP contribution in [-0.2, 0) is 0 Å². The first-order valence-corrected chi connectivity index (χ1v) is 44.3. The molecule has 0 aliphatic carbocycles. The number of aromatic carboxylic acids is 4. The molecule has 26 heteroatoms. The van der Waals surface area contributed by atoms with Gasteiger partial charge >= 0.3 is 302 Å². The van der Waals surface area contributed by atoms with Gasteiger partial charge in [-0.25, -0.2) is 71.9 Å². The summed E-state index contributed by atoms with van der Waals surface area (Å²) in [6.07, 6.45) is 23.4. The van der Waals surface area contributed by atoms with E-state index in [1.165, 1.54) is 103 Å². The quantitative estimate of drug-likeness (QED) is 0.0185. The van der Waals surface area contributed by atoms with Crippen molar-refractivity contribution in [2.24, 2.45) is 0 Å². The molecule has 0 heterocycles. The van der Waals surface area contributed by atoms with Gasteiger partial charge in [-0.05, 0) is 48.5 Å². The van der Waals surface area contributed by atoms with E-state index in [0.29, 0.717) is 48.5 Å². The topological polar surface area (TPSA) is 212 Å². The molecule has 8 N–H and O–H groups in total. The molecule has 4 aromatic carbocycles. The van der Waals surface area contributed by atoms with Gasteiger partial charge in [-0.2, -0.15) is 0 Å². The van der Waals surface area contributed by atoms with Crippen molar-refractivity contribution in [2.45, 2.75) is 194 Å². The molecule has 0 amide bonds. The maximum Gasteiger partial charge on any atom is 0.341 e. The average molecular weight is 1670 g/mol. The first kappa shape index (κ1) is 94.2. The Morgan fingerprint density at radius 3 is 0.477 bits per heavy atom. The van der Waals surface area contributed by atoms with Gasteiger partial charge in [-0.15, -0.1) is 0 Å². The summed E-state index contributed by atoms with van der Waals surface area (Å²) in [6.45, 7) is 18.3. The van der Waals surface area contributed by atoms with Gasteiger partial charge in [0.1, 0.15) is 45.5 Å². The molecule has 4 rings (SSSR count). The van der Waals surface area contributed by atoms with Crippen molar-refractivity contribution in [3.05, 3.63) is 141 Å². The Hall–Kier alpha value is -2.97. The Kier molecular flexibility index (Phi) is 68.1. The molecule has 10 nitrogen and oxygen atoms in total. The standard InChI is InChI=1S/4C7H3F3O2.8C4H9.2H2O.4Sn/c4*8-3-1-2-4(9)6(10)5(3)7(11)12;8*1-3-4-2;;;;;;/h4*1-2H,(H,11,12);8*1,3-4H2,2H3;2*1H2;;;;. The Morgan fingerprint density at radius 1 is 0.267 bits per heavy atom. The van der Waals surface area contributed by atoms with Crippen LogP contribution < -0.4 is 0 Å². The van der Waals surface area contributed by atoms with Gasteiger partial charge in [0, 0.05) is 0 Å². The summed E-state index contributed by atoms with van der Waals surface area (Å²) < 4.78 is 162. The molecule has 0 saturated heterocycles. The number of carbonyl (C=O) groups is 4. The number of carboxylic acids is 4. The van der Waals surface area contributed by atoms with E-state index in [9.17, 15) is 71.9 Å². The van der Waals surface area contributed by atoms with E-state index in [2.05, 4.69) is 55.4 Å². The molecule has 488 valence electrons. The Labute approximate surface area is 541 Å². The number of carboxylic acid groups (broad SMARTS) is 4. The molecule has 0 atom stereocenters. The van der Waals surface area contributed by atoms with E-state index >= 15 is 0 Å². The first-order valence-electron chi connectivity index (χ1n) is 28.1. The van der Waals surface area contributed by atoms with Crippen LogP contribution in [0, 0.1) is 69.8 Å². The summed E-state index contributed by atoms with van der Waals surface area (Å²) in [6, 6.07) is 4.33. The largest absolute Gasteiger partial charge is 0.477 e. The van der Waals surface area contributed by atoms with Gasteiger partial charge in [0.2, 0.25) is 0 Å². The van der Waals surface area contributed by atoms with Gasteiger partial charge in [0.15, 0.2) is 46.5 Å². The van der Waals surface area contributed by atoms with Crippen LogP contribution in [-0.4, -0.2) is 140 Å². The molecule has 0 fully saturated rings. The van der Waals surface area contributed by atoms with E-state index < -0.39 is 116 Å². The van der Waals surface area contributed by atoms with E-state index in [0.717, 1.165) is 0 Å². The zero-order valence-corrected chi connectivity index (χ0v) is 62.0. The normalized spacial score (nSPS) is 9.72. The molecular formula is C60H88F12O10Sn4. The van der Waals surface area contributed by atoms with Gasteiger partial charge in [-0.1, -0.05) is 0 Å². The third kappa shape index (κ3) is 47.1. The number of benzene rings is 4. The van der Waals surface area contributed by atoms with Gasteiger partial charge < -0.3 is 31.4 Å². The van der Waals surface area contributed by atoms with Crippen LogP contribution in [0.2, 0.25) is 35.5 Å². The minimum atomic E-state index is -1.83. The van der Waals surface area contributed by atoms with E-state index in [1.807, 2.05) is 0 Å². The summed E-state index contributed by atoms with van der Waals surface area (Å²) >= 11 is 0.598. The van der Waals surface area contributed by atoms with Crippen LogP contribution in [0.25, 0.3) is 0 Å². The average Bonchev–Trinajstić information content (AvgIpc) is 3.60. The molecule has 86 heavy (non-hydrogen) atoms. The number of hydrogen-bond acceptors (Lipinski definition) is 4.